The van der Waals surface area contributed by atoms with Crippen molar-refractivity contribution < 1.29 is 19.1 Å². The largest absolute Gasteiger partial charge is 0.497 e. The zero-order valence-corrected chi connectivity index (χ0v) is 21.0. The third kappa shape index (κ3) is 7.71. The van der Waals surface area contributed by atoms with E-state index in [2.05, 4.69) is 28.2 Å². The maximum absolute atomic E-state index is 13.2. The predicted molar refractivity (Wildman–Crippen MR) is 130 cm³/mol. The van der Waals surface area contributed by atoms with Gasteiger partial charge in [0, 0.05) is 18.1 Å². The van der Waals surface area contributed by atoms with E-state index in [1.807, 2.05) is 31.2 Å². The Hall–Kier alpha value is -2.25. The monoisotopic (exact) mass is 524 g/mol. The van der Waals surface area contributed by atoms with Crippen molar-refractivity contribution in [2.24, 2.45) is 0 Å². The van der Waals surface area contributed by atoms with Gasteiger partial charge in [0.15, 0.2) is 6.61 Å². The highest BCUT2D eigenvalue weighted by atomic mass is 79.9. The molecular weight excluding hydrogens is 496 g/mol. The van der Waals surface area contributed by atoms with E-state index in [0.717, 1.165) is 18.4 Å². The van der Waals surface area contributed by atoms with Crippen LogP contribution >= 0.6 is 27.5 Å². The van der Waals surface area contributed by atoms with Gasteiger partial charge in [-0.25, -0.2) is 0 Å². The number of nitrogens with one attached hydrogen (secondary N) is 1. The van der Waals surface area contributed by atoms with Crippen LogP contribution in [0.4, 0.5) is 0 Å². The Morgan fingerprint density at radius 2 is 1.97 bits per heavy atom. The summed E-state index contributed by atoms with van der Waals surface area (Å²) >= 11 is 9.37. The van der Waals surface area contributed by atoms with Gasteiger partial charge in [-0.3, -0.25) is 9.59 Å². The second kappa shape index (κ2) is 13.3. The Morgan fingerprint density at radius 3 is 2.62 bits per heavy atom. The molecule has 0 heterocycles. The van der Waals surface area contributed by atoms with Crippen LogP contribution in [0.1, 0.15) is 38.7 Å². The lowest BCUT2D eigenvalue weighted by Gasteiger charge is -2.30. The van der Waals surface area contributed by atoms with Crippen molar-refractivity contribution in [3.05, 3.63) is 57.5 Å². The third-order valence-corrected chi connectivity index (χ3v) is 5.80. The Labute approximate surface area is 203 Å². The number of unbranched alkanes of at least 4 members (excludes halogenated alkanes) is 1. The van der Waals surface area contributed by atoms with Gasteiger partial charge in [-0.1, -0.05) is 44.0 Å². The summed E-state index contributed by atoms with van der Waals surface area (Å²) in [7, 11) is 1.59. The van der Waals surface area contributed by atoms with Crippen molar-refractivity contribution in [3.63, 3.8) is 0 Å². The summed E-state index contributed by atoms with van der Waals surface area (Å²) < 4.78 is 11.7. The van der Waals surface area contributed by atoms with E-state index >= 15 is 0 Å². The molecule has 0 unspecified atom stereocenters. The Bertz CT molecular complexity index is 909. The highest BCUT2D eigenvalue weighted by Gasteiger charge is 2.29. The summed E-state index contributed by atoms with van der Waals surface area (Å²) in [5.41, 5.74) is 0.866. The van der Waals surface area contributed by atoms with E-state index in [9.17, 15) is 9.59 Å². The number of hydrogen-bond acceptors (Lipinski definition) is 4. The molecule has 0 radical (unpaired) electrons. The smallest absolute Gasteiger partial charge is 0.261 e. The average Bonchev–Trinajstić information content (AvgIpc) is 2.78. The highest BCUT2D eigenvalue weighted by molar-refractivity contribution is 9.10. The summed E-state index contributed by atoms with van der Waals surface area (Å²) in [6.45, 7) is 4.60. The molecule has 174 valence electrons. The van der Waals surface area contributed by atoms with Gasteiger partial charge in [-0.2, -0.15) is 0 Å². The molecule has 0 aliphatic rings. The molecule has 0 saturated carbocycles. The normalized spacial score (nSPS) is 11.5. The maximum Gasteiger partial charge on any atom is 0.261 e. The Morgan fingerprint density at radius 1 is 1.19 bits per heavy atom. The van der Waals surface area contributed by atoms with Crippen molar-refractivity contribution in [1.29, 1.82) is 0 Å². The van der Waals surface area contributed by atoms with Crippen LogP contribution < -0.4 is 14.8 Å². The first-order chi connectivity index (χ1) is 15.4. The molecule has 2 aromatic rings. The van der Waals surface area contributed by atoms with Crippen LogP contribution in [0.2, 0.25) is 5.02 Å². The molecule has 0 bridgehead atoms. The first-order valence-corrected chi connectivity index (χ1v) is 11.8. The number of carbonyl (C=O) groups excluding carboxylic acids is 2. The average molecular weight is 526 g/mol. The van der Waals surface area contributed by atoms with Gasteiger partial charge in [-0.05, 0) is 64.7 Å². The van der Waals surface area contributed by atoms with E-state index in [1.165, 1.54) is 0 Å². The van der Waals surface area contributed by atoms with E-state index in [4.69, 9.17) is 21.1 Å². The van der Waals surface area contributed by atoms with Gasteiger partial charge in [0.05, 0.1) is 11.6 Å². The maximum atomic E-state index is 13.2. The van der Waals surface area contributed by atoms with Gasteiger partial charge >= 0.3 is 0 Å². The third-order valence-electron chi connectivity index (χ3n) is 4.95. The number of carbonyl (C=O) groups is 2. The van der Waals surface area contributed by atoms with Crippen LogP contribution in [-0.2, 0) is 16.1 Å². The summed E-state index contributed by atoms with van der Waals surface area (Å²) in [6.07, 6.45) is 2.35. The molecule has 0 saturated heterocycles. The molecule has 32 heavy (non-hydrogen) atoms. The number of halogens is 2. The van der Waals surface area contributed by atoms with Crippen LogP contribution in [-0.4, -0.2) is 43.0 Å². The number of nitrogens with zero attached hydrogens (tertiary/aromatic N) is 1. The Kier molecular flexibility index (Phi) is 10.8. The second-order valence-corrected chi connectivity index (χ2v) is 8.60. The first-order valence-electron chi connectivity index (χ1n) is 10.7. The number of methoxy groups -OCH3 is 1. The van der Waals surface area contributed by atoms with E-state index in [-0.39, 0.29) is 25.0 Å². The predicted octanol–water partition coefficient (Wildman–Crippen LogP) is 5.21. The van der Waals surface area contributed by atoms with Crippen molar-refractivity contribution in [3.8, 4) is 11.5 Å². The number of ether oxygens (including phenoxy) is 2. The molecule has 1 atom stereocenters. The molecule has 6 nitrogen and oxygen atoms in total. The van der Waals surface area contributed by atoms with Crippen LogP contribution in [0.25, 0.3) is 0 Å². The van der Waals surface area contributed by atoms with Gasteiger partial charge in [-0.15, -0.1) is 0 Å². The molecule has 8 heteroatoms. The zero-order valence-electron chi connectivity index (χ0n) is 18.7. The lowest BCUT2D eigenvalue weighted by molar-refractivity contribution is -0.143. The molecule has 0 fully saturated rings. The zero-order chi connectivity index (χ0) is 23.5. The van der Waals surface area contributed by atoms with Crippen molar-refractivity contribution in [2.45, 2.75) is 45.7 Å². The van der Waals surface area contributed by atoms with Gasteiger partial charge < -0.3 is 19.7 Å². The SMILES string of the molecule is CCCCNC(=O)[C@@H](CC)N(Cc1cccc(OC)c1)C(=O)COc1ccc(Cl)cc1Br. The summed E-state index contributed by atoms with van der Waals surface area (Å²) in [5, 5.41) is 3.51. The standard InChI is InChI=1S/C24H30BrClN2O4/c1-4-6-12-27-24(30)21(5-2)28(15-17-8-7-9-19(13-17)31-3)23(29)16-32-22-11-10-18(26)14-20(22)25/h7-11,13-14,21H,4-6,12,15-16H2,1-3H3,(H,27,30)/t21-/m1/s1. The van der Waals surface area contributed by atoms with Crippen LogP contribution in [0, 0.1) is 0 Å². The molecule has 0 aliphatic heterocycles. The number of hydrogen-bond donors (Lipinski definition) is 1. The molecule has 0 aromatic heterocycles. The molecule has 1 N–H and O–H groups in total. The van der Waals surface area contributed by atoms with Gasteiger partial charge in [0.2, 0.25) is 5.91 Å². The minimum absolute atomic E-state index is 0.162. The van der Waals surface area contributed by atoms with Crippen molar-refractivity contribution >= 4 is 39.3 Å². The van der Waals surface area contributed by atoms with E-state index in [0.29, 0.717) is 34.0 Å². The summed E-state index contributed by atoms with van der Waals surface area (Å²) in [5.74, 6) is 0.748. The lowest BCUT2D eigenvalue weighted by Crippen LogP contribution is -2.50. The summed E-state index contributed by atoms with van der Waals surface area (Å²) in [6, 6.07) is 11.9. The minimum atomic E-state index is -0.609. The minimum Gasteiger partial charge on any atom is -0.497 e. The Balaban J connectivity index is 2.22. The summed E-state index contributed by atoms with van der Waals surface area (Å²) in [4.78, 5) is 27.7. The number of benzene rings is 2. The molecule has 2 amide bonds. The van der Waals surface area contributed by atoms with Crippen molar-refractivity contribution in [2.75, 3.05) is 20.3 Å². The lowest BCUT2D eigenvalue weighted by atomic mass is 10.1. The number of amides is 2. The van der Waals surface area contributed by atoms with Crippen molar-refractivity contribution in [1.82, 2.24) is 10.2 Å². The topological polar surface area (TPSA) is 67.9 Å². The molecule has 0 spiro atoms. The van der Waals surface area contributed by atoms with E-state index in [1.54, 1.807) is 30.2 Å². The first kappa shape index (κ1) is 26.0. The molecular formula is C24H30BrClN2O4. The van der Waals surface area contributed by atoms with E-state index < -0.39 is 6.04 Å². The van der Waals surface area contributed by atoms with Crippen LogP contribution in [0.15, 0.2) is 46.9 Å². The molecule has 0 aliphatic carbocycles. The van der Waals surface area contributed by atoms with Gasteiger partial charge in [0.1, 0.15) is 17.5 Å². The fourth-order valence-corrected chi connectivity index (χ4v) is 4.01. The molecule has 2 rings (SSSR count). The van der Waals surface area contributed by atoms with Crippen LogP contribution in [0.5, 0.6) is 11.5 Å². The fourth-order valence-electron chi connectivity index (χ4n) is 3.21. The van der Waals surface area contributed by atoms with Crippen LogP contribution in [0.3, 0.4) is 0 Å². The fraction of sp³-hybridized carbons (Fsp3) is 0.417. The number of rotatable bonds is 12. The van der Waals surface area contributed by atoms with Gasteiger partial charge in [0.25, 0.3) is 5.91 Å². The second-order valence-electron chi connectivity index (χ2n) is 7.31. The highest BCUT2D eigenvalue weighted by Crippen LogP contribution is 2.28. The molecule has 2 aromatic carbocycles. The quantitative estimate of drug-likeness (QED) is 0.386.